The van der Waals surface area contributed by atoms with E-state index in [0.29, 0.717) is 26.3 Å². The molecule has 3 aromatic rings. The Morgan fingerprint density at radius 3 is 2.46 bits per heavy atom. The highest BCUT2D eigenvalue weighted by Gasteiger charge is 2.32. The number of carbonyl (C=O) groups excluding carboxylic acids is 2. The van der Waals surface area contributed by atoms with Crippen molar-refractivity contribution < 1.29 is 23.5 Å². The molecule has 190 valence electrons. The molecule has 2 heterocycles. The Labute approximate surface area is 225 Å². The van der Waals surface area contributed by atoms with Crippen LogP contribution < -0.4 is 9.47 Å². The lowest BCUT2D eigenvalue weighted by molar-refractivity contribution is -0.129. The molecule has 0 radical (unpaired) electrons. The normalized spacial score (nSPS) is 15.1. The zero-order valence-corrected chi connectivity index (χ0v) is 22.7. The molecule has 0 N–H and O–H groups in total. The third kappa shape index (κ3) is 6.58. The molecule has 2 aromatic carbocycles. The van der Waals surface area contributed by atoms with E-state index in [2.05, 4.69) is 32.9 Å². The van der Waals surface area contributed by atoms with Crippen molar-refractivity contribution >= 4 is 52.3 Å². The first-order valence-electron chi connectivity index (χ1n) is 11.6. The lowest BCUT2D eigenvalue weighted by Gasteiger charge is -2.18. The fourth-order valence-electron chi connectivity index (χ4n) is 3.61. The number of thiocarbonyl (C=S) groups is 1. The lowest BCUT2D eigenvalue weighted by Crippen LogP contribution is -2.27. The van der Waals surface area contributed by atoms with Crippen LogP contribution in [0.2, 0.25) is 0 Å². The van der Waals surface area contributed by atoms with E-state index in [4.69, 9.17) is 26.1 Å². The summed E-state index contributed by atoms with van der Waals surface area (Å²) >= 11 is 6.61. The fraction of sp³-hybridized carbons (Fsp3) is 0.207. The van der Waals surface area contributed by atoms with Crippen LogP contribution in [0.4, 0.5) is 0 Å². The van der Waals surface area contributed by atoms with Crippen LogP contribution in [0.5, 0.6) is 11.5 Å². The highest BCUT2D eigenvalue weighted by Crippen LogP contribution is 2.35. The Hall–Kier alpha value is -3.62. The minimum Gasteiger partial charge on any atom is -0.493 e. The van der Waals surface area contributed by atoms with Crippen LogP contribution in [0.25, 0.3) is 12.2 Å². The Kier molecular flexibility index (Phi) is 8.00. The zero-order valence-electron chi connectivity index (χ0n) is 21.0. The highest BCUT2D eigenvalue weighted by atomic mass is 32.2. The maximum atomic E-state index is 12.9. The largest absolute Gasteiger partial charge is 0.493 e. The van der Waals surface area contributed by atoms with Gasteiger partial charge in [-0.2, -0.15) is 0 Å². The quantitative estimate of drug-likeness (QED) is 0.147. The average Bonchev–Trinajstić information content (AvgIpc) is 3.47. The second-order valence-electron chi connectivity index (χ2n) is 9.38. The smallest absolute Gasteiger partial charge is 0.336 e. The van der Waals surface area contributed by atoms with Crippen LogP contribution >= 0.6 is 24.0 Å². The molecule has 1 aliphatic heterocycles. The van der Waals surface area contributed by atoms with Crippen LogP contribution in [-0.4, -0.2) is 28.2 Å². The lowest BCUT2D eigenvalue weighted by atomic mass is 9.87. The van der Waals surface area contributed by atoms with Crippen LogP contribution in [0.15, 0.2) is 76.3 Å². The van der Waals surface area contributed by atoms with E-state index < -0.39 is 5.97 Å². The van der Waals surface area contributed by atoms with Gasteiger partial charge in [0, 0.05) is 6.08 Å². The summed E-state index contributed by atoms with van der Waals surface area (Å²) in [4.78, 5) is 27.3. The summed E-state index contributed by atoms with van der Waals surface area (Å²) in [7, 11) is 1.49. The average molecular weight is 534 g/mol. The molecule has 8 heteroatoms. The maximum absolute atomic E-state index is 12.9. The molecule has 1 saturated heterocycles. The van der Waals surface area contributed by atoms with Gasteiger partial charge in [0.2, 0.25) is 0 Å². The Balaban J connectivity index is 1.43. The van der Waals surface area contributed by atoms with E-state index in [0.717, 1.165) is 5.56 Å². The van der Waals surface area contributed by atoms with Gasteiger partial charge >= 0.3 is 5.97 Å². The number of methoxy groups -OCH3 is 1. The molecule has 1 fully saturated rings. The molecule has 0 unspecified atom stereocenters. The molecule has 6 nitrogen and oxygen atoms in total. The first-order chi connectivity index (χ1) is 17.6. The number of rotatable bonds is 7. The predicted octanol–water partition coefficient (Wildman–Crippen LogP) is 6.61. The van der Waals surface area contributed by atoms with E-state index in [9.17, 15) is 9.59 Å². The molecule has 1 amide bonds. The summed E-state index contributed by atoms with van der Waals surface area (Å²) in [6, 6.07) is 16.7. The number of nitrogens with zero attached hydrogens (tertiary/aromatic N) is 1. The van der Waals surface area contributed by atoms with Crippen molar-refractivity contribution in [2.75, 3.05) is 7.11 Å². The van der Waals surface area contributed by atoms with Crippen molar-refractivity contribution in [1.82, 2.24) is 4.90 Å². The highest BCUT2D eigenvalue weighted by molar-refractivity contribution is 8.26. The molecule has 1 aliphatic rings. The minimum absolute atomic E-state index is 0.0643. The summed E-state index contributed by atoms with van der Waals surface area (Å²) in [5.41, 5.74) is 2.90. The Morgan fingerprint density at radius 1 is 1.08 bits per heavy atom. The molecule has 0 atom stereocenters. The van der Waals surface area contributed by atoms with Gasteiger partial charge in [-0.15, -0.1) is 0 Å². The molecular weight excluding hydrogens is 506 g/mol. The van der Waals surface area contributed by atoms with Gasteiger partial charge in [0.1, 0.15) is 10.1 Å². The molecule has 0 aliphatic carbocycles. The van der Waals surface area contributed by atoms with E-state index in [1.54, 1.807) is 48.7 Å². The summed E-state index contributed by atoms with van der Waals surface area (Å²) < 4.78 is 16.7. The first kappa shape index (κ1) is 26.4. The molecule has 0 saturated carbocycles. The van der Waals surface area contributed by atoms with Gasteiger partial charge in [-0.25, -0.2) is 4.79 Å². The summed E-state index contributed by atoms with van der Waals surface area (Å²) in [6.07, 6.45) is 6.38. The number of ether oxygens (including phenoxy) is 2. The zero-order chi connectivity index (χ0) is 26.6. The van der Waals surface area contributed by atoms with Crippen molar-refractivity contribution in [1.29, 1.82) is 0 Å². The van der Waals surface area contributed by atoms with Gasteiger partial charge in [-0.3, -0.25) is 9.69 Å². The van der Waals surface area contributed by atoms with E-state index >= 15 is 0 Å². The van der Waals surface area contributed by atoms with E-state index in [-0.39, 0.29) is 23.6 Å². The van der Waals surface area contributed by atoms with Gasteiger partial charge in [-0.05, 0) is 58.5 Å². The van der Waals surface area contributed by atoms with E-state index in [1.807, 2.05) is 12.1 Å². The van der Waals surface area contributed by atoms with Gasteiger partial charge in [-0.1, -0.05) is 75.1 Å². The molecular formula is C29H27NO5S2. The second-order valence-corrected chi connectivity index (χ2v) is 11.1. The van der Waals surface area contributed by atoms with Gasteiger partial charge in [0.25, 0.3) is 5.91 Å². The van der Waals surface area contributed by atoms with Gasteiger partial charge in [0.05, 0.1) is 24.8 Å². The summed E-state index contributed by atoms with van der Waals surface area (Å²) in [5, 5.41) is 0. The van der Waals surface area contributed by atoms with Gasteiger partial charge < -0.3 is 13.9 Å². The van der Waals surface area contributed by atoms with Crippen LogP contribution in [0.1, 0.15) is 43.2 Å². The fourth-order valence-corrected chi connectivity index (χ4v) is 4.86. The van der Waals surface area contributed by atoms with Gasteiger partial charge in [0.15, 0.2) is 11.5 Å². The minimum atomic E-state index is -0.523. The van der Waals surface area contributed by atoms with Crippen molar-refractivity contribution in [3.8, 4) is 11.5 Å². The van der Waals surface area contributed by atoms with Crippen molar-refractivity contribution in [3.63, 3.8) is 0 Å². The second kappa shape index (κ2) is 11.2. The van der Waals surface area contributed by atoms with Crippen molar-refractivity contribution in [3.05, 3.63) is 94.3 Å². The van der Waals surface area contributed by atoms with Crippen molar-refractivity contribution in [2.45, 2.75) is 32.7 Å². The monoisotopic (exact) mass is 533 g/mol. The SMILES string of the molecule is COc1cc(/C=C2\SC(=S)N(Cc3ccco3)C2=O)ccc1OC(=O)/C=C/c1ccc(C(C)(C)C)cc1. The number of furan rings is 1. The number of carbonyl (C=O) groups is 2. The van der Waals surface area contributed by atoms with Crippen LogP contribution in [-0.2, 0) is 21.5 Å². The molecule has 1 aromatic heterocycles. The topological polar surface area (TPSA) is 69.0 Å². The molecule has 0 spiro atoms. The molecule has 0 bridgehead atoms. The third-order valence-corrected chi connectivity index (χ3v) is 7.03. The number of amides is 1. The summed E-state index contributed by atoms with van der Waals surface area (Å²) in [6.45, 7) is 6.74. The number of esters is 1. The number of hydrogen-bond donors (Lipinski definition) is 0. The maximum Gasteiger partial charge on any atom is 0.336 e. The molecule has 37 heavy (non-hydrogen) atoms. The summed E-state index contributed by atoms with van der Waals surface area (Å²) in [5.74, 6) is 0.589. The number of benzene rings is 2. The van der Waals surface area contributed by atoms with Crippen molar-refractivity contribution in [2.24, 2.45) is 0 Å². The standard InChI is InChI=1S/C29H27NO5S2/c1-29(2,3)21-11-7-19(8-12-21)10-14-26(31)35-23-13-9-20(16-24(23)33-4)17-25-27(32)30(28(36)37-25)18-22-6-5-15-34-22/h5-17H,18H2,1-4H3/b14-10+,25-17-. The predicted molar refractivity (Wildman–Crippen MR) is 150 cm³/mol. The third-order valence-electron chi connectivity index (χ3n) is 5.65. The Bertz CT molecular complexity index is 1370. The van der Waals surface area contributed by atoms with E-state index in [1.165, 1.54) is 35.4 Å². The van der Waals surface area contributed by atoms with Crippen LogP contribution in [0, 0.1) is 0 Å². The van der Waals surface area contributed by atoms with Crippen LogP contribution in [0.3, 0.4) is 0 Å². The molecule has 4 rings (SSSR count). The Morgan fingerprint density at radius 2 is 1.81 bits per heavy atom. The number of hydrogen-bond acceptors (Lipinski definition) is 7. The number of thioether (sulfide) groups is 1. The first-order valence-corrected chi connectivity index (χ1v) is 12.8.